The van der Waals surface area contributed by atoms with Gasteiger partial charge in [0.1, 0.15) is 0 Å². The van der Waals surface area contributed by atoms with Crippen LogP contribution in [-0.4, -0.2) is 15.6 Å². The monoisotopic (exact) mass is 189 g/mol. The van der Waals surface area contributed by atoms with Gasteiger partial charge in [0.2, 0.25) is 0 Å². The Balaban J connectivity index is 2.93. The quantitative estimate of drug-likeness (QED) is 0.747. The van der Waals surface area contributed by atoms with Crippen molar-refractivity contribution in [1.29, 1.82) is 0 Å². The standard InChI is InChI=1S/C11H11NO2/c1-7-4-3-5-9-10(7)8(11(13)14)6-12(9)2/h3-6H,1-2H3,(H,13,14). The number of carboxylic acid groups (broad SMARTS) is 1. The molecule has 0 fully saturated rings. The summed E-state index contributed by atoms with van der Waals surface area (Å²) in [6.45, 7) is 1.93. The fourth-order valence-electron chi connectivity index (χ4n) is 1.79. The van der Waals surface area contributed by atoms with Crippen molar-refractivity contribution < 1.29 is 9.90 Å². The molecule has 0 aliphatic carbocycles. The summed E-state index contributed by atoms with van der Waals surface area (Å²) >= 11 is 0. The van der Waals surface area contributed by atoms with Crippen LogP contribution in [0.1, 0.15) is 15.9 Å². The third kappa shape index (κ3) is 1.09. The molecule has 1 aromatic heterocycles. The first kappa shape index (κ1) is 8.81. The summed E-state index contributed by atoms with van der Waals surface area (Å²) < 4.78 is 1.84. The lowest BCUT2D eigenvalue weighted by molar-refractivity contribution is 0.0699. The van der Waals surface area contributed by atoms with Crippen molar-refractivity contribution in [2.24, 2.45) is 7.05 Å². The summed E-state index contributed by atoms with van der Waals surface area (Å²) in [6, 6.07) is 5.78. The number of aryl methyl sites for hydroxylation is 2. The van der Waals surface area contributed by atoms with Crippen LogP contribution < -0.4 is 0 Å². The Morgan fingerprint density at radius 2 is 2.14 bits per heavy atom. The van der Waals surface area contributed by atoms with Gasteiger partial charge in [0.25, 0.3) is 0 Å². The van der Waals surface area contributed by atoms with E-state index in [1.807, 2.05) is 36.7 Å². The Kier molecular flexibility index (Phi) is 1.81. The van der Waals surface area contributed by atoms with Crippen LogP contribution in [0.15, 0.2) is 24.4 Å². The van der Waals surface area contributed by atoms with Crippen molar-refractivity contribution in [3.05, 3.63) is 35.5 Å². The van der Waals surface area contributed by atoms with Crippen molar-refractivity contribution in [2.75, 3.05) is 0 Å². The summed E-state index contributed by atoms with van der Waals surface area (Å²) in [4.78, 5) is 11.0. The molecule has 0 saturated carbocycles. The molecule has 2 aromatic rings. The van der Waals surface area contributed by atoms with Crippen LogP contribution in [0.2, 0.25) is 0 Å². The van der Waals surface area contributed by atoms with E-state index in [4.69, 9.17) is 5.11 Å². The maximum absolute atomic E-state index is 11.0. The average molecular weight is 189 g/mol. The second kappa shape index (κ2) is 2.87. The number of rotatable bonds is 1. The molecule has 0 amide bonds. The van der Waals surface area contributed by atoms with Crippen LogP contribution in [0.25, 0.3) is 10.9 Å². The van der Waals surface area contributed by atoms with Crippen LogP contribution in [0.3, 0.4) is 0 Å². The molecular weight excluding hydrogens is 178 g/mol. The second-order valence-electron chi connectivity index (χ2n) is 3.43. The van der Waals surface area contributed by atoms with Crippen LogP contribution in [0.5, 0.6) is 0 Å². The molecule has 0 saturated heterocycles. The van der Waals surface area contributed by atoms with E-state index in [1.165, 1.54) is 0 Å². The van der Waals surface area contributed by atoms with Gasteiger partial charge in [-0.1, -0.05) is 12.1 Å². The SMILES string of the molecule is Cc1cccc2c1c(C(=O)O)cn2C. The minimum absolute atomic E-state index is 0.376. The molecule has 1 heterocycles. The highest BCUT2D eigenvalue weighted by molar-refractivity contribution is 6.04. The number of hydrogen-bond acceptors (Lipinski definition) is 1. The molecular formula is C11H11NO2. The van der Waals surface area contributed by atoms with Gasteiger partial charge in [0.15, 0.2) is 0 Å². The lowest BCUT2D eigenvalue weighted by Crippen LogP contribution is -1.94. The summed E-state index contributed by atoms with van der Waals surface area (Å²) in [5, 5.41) is 9.84. The smallest absolute Gasteiger partial charge is 0.337 e. The number of aromatic nitrogens is 1. The maximum Gasteiger partial charge on any atom is 0.337 e. The van der Waals surface area contributed by atoms with Gasteiger partial charge in [-0.3, -0.25) is 0 Å². The number of fused-ring (bicyclic) bond motifs is 1. The van der Waals surface area contributed by atoms with Gasteiger partial charge in [-0.2, -0.15) is 0 Å². The Hall–Kier alpha value is -1.77. The lowest BCUT2D eigenvalue weighted by Gasteiger charge is -1.98. The van der Waals surface area contributed by atoms with E-state index in [9.17, 15) is 4.79 Å². The van der Waals surface area contributed by atoms with Gasteiger partial charge in [-0.05, 0) is 18.6 Å². The van der Waals surface area contributed by atoms with Crippen LogP contribution in [-0.2, 0) is 7.05 Å². The number of benzene rings is 1. The first-order chi connectivity index (χ1) is 6.61. The average Bonchev–Trinajstić information content (AvgIpc) is 2.46. The molecule has 1 aromatic carbocycles. The minimum atomic E-state index is -0.870. The van der Waals surface area contributed by atoms with Gasteiger partial charge in [0, 0.05) is 24.1 Å². The topological polar surface area (TPSA) is 42.2 Å². The van der Waals surface area contributed by atoms with Crippen LogP contribution in [0.4, 0.5) is 0 Å². The van der Waals surface area contributed by atoms with Crippen LogP contribution >= 0.6 is 0 Å². The molecule has 0 aliphatic rings. The summed E-state index contributed by atoms with van der Waals surface area (Å²) in [7, 11) is 1.86. The predicted octanol–water partition coefficient (Wildman–Crippen LogP) is 2.18. The molecule has 0 bridgehead atoms. The molecule has 2 rings (SSSR count). The number of carboxylic acids is 1. The van der Waals surface area contributed by atoms with Crippen LogP contribution in [0, 0.1) is 6.92 Å². The van der Waals surface area contributed by atoms with Gasteiger partial charge in [-0.15, -0.1) is 0 Å². The first-order valence-corrected chi connectivity index (χ1v) is 4.39. The third-order valence-electron chi connectivity index (χ3n) is 2.45. The fraction of sp³-hybridized carbons (Fsp3) is 0.182. The van der Waals surface area contributed by atoms with Gasteiger partial charge in [0.05, 0.1) is 5.56 Å². The van der Waals surface area contributed by atoms with Gasteiger partial charge < -0.3 is 9.67 Å². The fourth-order valence-corrected chi connectivity index (χ4v) is 1.79. The summed E-state index contributed by atoms with van der Waals surface area (Å²) in [6.07, 6.45) is 1.65. The van der Waals surface area contributed by atoms with Crippen molar-refractivity contribution in [1.82, 2.24) is 4.57 Å². The summed E-state index contributed by atoms with van der Waals surface area (Å²) in [5.74, 6) is -0.870. The van der Waals surface area contributed by atoms with Crippen molar-refractivity contribution in [2.45, 2.75) is 6.92 Å². The molecule has 0 spiro atoms. The molecule has 0 radical (unpaired) electrons. The zero-order valence-corrected chi connectivity index (χ0v) is 8.11. The summed E-state index contributed by atoms with van der Waals surface area (Å²) in [5.41, 5.74) is 2.34. The number of hydrogen-bond donors (Lipinski definition) is 1. The maximum atomic E-state index is 11.0. The highest BCUT2D eigenvalue weighted by atomic mass is 16.4. The van der Waals surface area contributed by atoms with E-state index in [2.05, 4.69) is 0 Å². The highest BCUT2D eigenvalue weighted by Gasteiger charge is 2.13. The molecule has 14 heavy (non-hydrogen) atoms. The molecule has 0 aliphatic heterocycles. The van der Waals surface area contributed by atoms with Gasteiger partial charge >= 0.3 is 5.97 Å². The molecule has 0 unspecified atom stereocenters. The van der Waals surface area contributed by atoms with E-state index in [1.54, 1.807) is 6.20 Å². The van der Waals surface area contributed by atoms with E-state index in [0.717, 1.165) is 16.5 Å². The van der Waals surface area contributed by atoms with E-state index in [-0.39, 0.29) is 0 Å². The highest BCUT2D eigenvalue weighted by Crippen LogP contribution is 2.23. The molecule has 72 valence electrons. The van der Waals surface area contributed by atoms with Crippen molar-refractivity contribution >= 4 is 16.9 Å². The normalized spacial score (nSPS) is 10.7. The Morgan fingerprint density at radius 1 is 1.43 bits per heavy atom. The molecule has 1 N–H and O–H groups in total. The van der Waals surface area contributed by atoms with Crippen molar-refractivity contribution in [3.63, 3.8) is 0 Å². The van der Waals surface area contributed by atoms with E-state index in [0.29, 0.717) is 5.56 Å². The Labute approximate surface area is 81.6 Å². The first-order valence-electron chi connectivity index (χ1n) is 4.39. The largest absolute Gasteiger partial charge is 0.478 e. The minimum Gasteiger partial charge on any atom is -0.478 e. The number of aromatic carboxylic acids is 1. The van der Waals surface area contributed by atoms with E-state index < -0.39 is 5.97 Å². The third-order valence-corrected chi connectivity index (χ3v) is 2.45. The Bertz CT molecular complexity index is 511. The lowest BCUT2D eigenvalue weighted by atomic mass is 10.1. The second-order valence-corrected chi connectivity index (χ2v) is 3.43. The zero-order chi connectivity index (χ0) is 10.3. The van der Waals surface area contributed by atoms with Gasteiger partial charge in [-0.25, -0.2) is 4.79 Å². The zero-order valence-electron chi connectivity index (χ0n) is 8.11. The van der Waals surface area contributed by atoms with E-state index >= 15 is 0 Å². The number of nitrogens with zero attached hydrogens (tertiary/aromatic N) is 1. The molecule has 3 nitrogen and oxygen atoms in total. The number of carbonyl (C=O) groups is 1. The molecule has 0 atom stereocenters. The van der Waals surface area contributed by atoms with Crippen molar-refractivity contribution in [3.8, 4) is 0 Å². The predicted molar refractivity (Wildman–Crippen MR) is 54.6 cm³/mol. The Morgan fingerprint density at radius 3 is 2.79 bits per heavy atom. The molecule has 3 heteroatoms.